The van der Waals surface area contributed by atoms with Crippen LogP contribution in [-0.2, 0) is 0 Å². The Hall–Kier alpha value is -2.09. The summed E-state index contributed by atoms with van der Waals surface area (Å²) in [5.74, 6) is 0. The van der Waals surface area contributed by atoms with Gasteiger partial charge in [-0.25, -0.2) is 0 Å². The Morgan fingerprint density at radius 2 is 2.12 bits per heavy atom. The third kappa shape index (κ3) is 1.16. The number of benzene rings is 1. The molecule has 16 heavy (non-hydrogen) atoms. The molecule has 1 N–H and O–H groups in total. The largest absolute Gasteiger partial charge is 0.353 e. The second-order valence-electron chi connectivity index (χ2n) is 4.00. The van der Waals surface area contributed by atoms with Gasteiger partial charge in [0.1, 0.15) is 0 Å². The van der Waals surface area contributed by atoms with Crippen LogP contribution in [0.15, 0.2) is 37.0 Å². The van der Waals surface area contributed by atoms with Crippen LogP contribution in [0.1, 0.15) is 11.3 Å². The van der Waals surface area contributed by atoms with Gasteiger partial charge in [0, 0.05) is 22.5 Å². The Balaban J connectivity index is 2.55. The lowest BCUT2D eigenvalue weighted by Gasteiger charge is -1.94. The molecule has 0 atom stereocenters. The highest BCUT2D eigenvalue weighted by Crippen LogP contribution is 2.27. The normalized spacial score (nSPS) is 11.1. The molecule has 0 spiro atoms. The van der Waals surface area contributed by atoms with E-state index in [2.05, 4.69) is 41.7 Å². The third-order valence-corrected chi connectivity index (χ3v) is 2.90. The van der Waals surface area contributed by atoms with Crippen LogP contribution >= 0.6 is 0 Å². The van der Waals surface area contributed by atoms with E-state index >= 15 is 0 Å². The molecule has 78 valence electrons. The number of pyridine rings is 1. The van der Waals surface area contributed by atoms with E-state index in [1.807, 2.05) is 12.3 Å². The van der Waals surface area contributed by atoms with E-state index < -0.39 is 0 Å². The molecule has 0 fully saturated rings. The van der Waals surface area contributed by atoms with Crippen molar-refractivity contribution in [1.82, 2.24) is 9.97 Å². The van der Waals surface area contributed by atoms with Crippen LogP contribution in [0.4, 0.5) is 0 Å². The van der Waals surface area contributed by atoms with Crippen molar-refractivity contribution in [2.75, 3.05) is 0 Å². The molecule has 2 heterocycles. The average molecular weight is 208 g/mol. The fraction of sp³-hybridized carbons (Fsp3) is 0.0714. The van der Waals surface area contributed by atoms with Gasteiger partial charge in [-0.15, -0.1) is 0 Å². The molecule has 0 radical (unpaired) electrons. The zero-order valence-electron chi connectivity index (χ0n) is 9.12. The van der Waals surface area contributed by atoms with Crippen molar-refractivity contribution in [2.45, 2.75) is 6.92 Å². The topological polar surface area (TPSA) is 28.7 Å². The van der Waals surface area contributed by atoms with E-state index in [4.69, 9.17) is 0 Å². The lowest BCUT2D eigenvalue weighted by Crippen LogP contribution is -1.80. The van der Waals surface area contributed by atoms with Crippen molar-refractivity contribution in [3.63, 3.8) is 0 Å². The van der Waals surface area contributed by atoms with E-state index in [1.165, 1.54) is 16.3 Å². The second kappa shape index (κ2) is 3.20. The van der Waals surface area contributed by atoms with Gasteiger partial charge in [0.05, 0.1) is 11.2 Å². The first-order valence-electron chi connectivity index (χ1n) is 5.29. The van der Waals surface area contributed by atoms with Gasteiger partial charge in [0.2, 0.25) is 0 Å². The molecular weight excluding hydrogens is 196 g/mol. The standard InChI is InChI=1S/C14H12N2/c1-3-12-14-10(6-7-15-12)11-8-9(2)4-5-13(11)16-14/h3-8,16H,1H2,2H3. The van der Waals surface area contributed by atoms with Crippen LogP contribution in [0.5, 0.6) is 0 Å². The molecule has 0 bridgehead atoms. The fourth-order valence-electron chi connectivity index (χ4n) is 2.11. The Bertz CT molecular complexity index is 692. The number of rotatable bonds is 1. The van der Waals surface area contributed by atoms with E-state index in [1.54, 1.807) is 6.08 Å². The fourth-order valence-corrected chi connectivity index (χ4v) is 2.11. The highest BCUT2D eigenvalue weighted by molar-refractivity contribution is 6.09. The van der Waals surface area contributed by atoms with Crippen molar-refractivity contribution >= 4 is 27.9 Å². The van der Waals surface area contributed by atoms with Crippen LogP contribution in [-0.4, -0.2) is 9.97 Å². The number of nitrogens with zero attached hydrogens (tertiary/aromatic N) is 1. The summed E-state index contributed by atoms with van der Waals surface area (Å²) in [4.78, 5) is 7.68. The van der Waals surface area contributed by atoms with Gasteiger partial charge in [-0.3, -0.25) is 4.98 Å². The molecule has 1 aromatic carbocycles. The molecule has 0 aliphatic rings. The summed E-state index contributed by atoms with van der Waals surface area (Å²) in [6.07, 6.45) is 3.61. The lowest BCUT2D eigenvalue weighted by molar-refractivity contribution is 1.31. The zero-order chi connectivity index (χ0) is 11.1. The van der Waals surface area contributed by atoms with Gasteiger partial charge in [-0.2, -0.15) is 0 Å². The summed E-state index contributed by atoms with van der Waals surface area (Å²) in [6.45, 7) is 5.89. The number of hydrogen-bond donors (Lipinski definition) is 1. The summed E-state index contributed by atoms with van der Waals surface area (Å²) >= 11 is 0. The maximum Gasteiger partial charge on any atom is 0.0864 e. The van der Waals surface area contributed by atoms with Gasteiger partial charge < -0.3 is 4.98 Å². The molecule has 0 saturated heterocycles. The van der Waals surface area contributed by atoms with Crippen molar-refractivity contribution in [3.8, 4) is 0 Å². The van der Waals surface area contributed by atoms with Crippen LogP contribution in [0.2, 0.25) is 0 Å². The van der Waals surface area contributed by atoms with Crippen LogP contribution in [0.3, 0.4) is 0 Å². The van der Waals surface area contributed by atoms with Gasteiger partial charge in [-0.05, 0) is 31.2 Å². The Morgan fingerprint density at radius 1 is 1.25 bits per heavy atom. The smallest absolute Gasteiger partial charge is 0.0864 e. The number of fused-ring (bicyclic) bond motifs is 3. The molecule has 0 amide bonds. The number of H-pyrrole nitrogens is 1. The van der Waals surface area contributed by atoms with Crippen molar-refractivity contribution in [1.29, 1.82) is 0 Å². The highest BCUT2D eigenvalue weighted by Gasteiger charge is 2.06. The Morgan fingerprint density at radius 3 is 2.94 bits per heavy atom. The summed E-state index contributed by atoms with van der Waals surface area (Å²) in [5.41, 5.74) is 4.39. The van der Waals surface area contributed by atoms with Gasteiger partial charge in [-0.1, -0.05) is 18.2 Å². The molecular formula is C14H12N2. The van der Waals surface area contributed by atoms with E-state index in [-0.39, 0.29) is 0 Å². The number of hydrogen-bond acceptors (Lipinski definition) is 1. The van der Waals surface area contributed by atoms with E-state index in [0.29, 0.717) is 0 Å². The number of aromatic amines is 1. The van der Waals surface area contributed by atoms with Crippen LogP contribution < -0.4 is 0 Å². The first-order valence-corrected chi connectivity index (χ1v) is 5.29. The summed E-state index contributed by atoms with van der Waals surface area (Å²) in [6, 6.07) is 8.46. The summed E-state index contributed by atoms with van der Waals surface area (Å²) < 4.78 is 0. The van der Waals surface area contributed by atoms with Gasteiger partial charge >= 0.3 is 0 Å². The molecule has 2 nitrogen and oxygen atoms in total. The average Bonchev–Trinajstić information content (AvgIpc) is 2.67. The van der Waals surface area contributed by atoms with Crippen LogP contribution in [0, 0.1) is 6.92 Å². The Labute approximate surface area is 93.6 Å². The predicted octanol–water partition coefficient (Wildman–Crippen LogP) is 3.67. The monoisotopic (exact) mass is 208 g/mol. The molecule has 0 unspecified atom stereocenters. The lowest BCUT2D eigenvalue weighted by atomic mass is 10.1. The van der Waals surface area contributed by atoms with Crippen molar-refractivity contribution < 1.29 is 0 Å². The molecule has 0 aliphatic carbocycles. The minimum absolute atomic E-state index is 0.909. The first kappa shape index (κ1) is 9.16. The predicted molar refractivity (Wildman–Crippen MR) is 68.4 cm³/mol. The second-order valence-corrected chi connectivity index (χ2v) is 4.00. The molecule has 3 aromatic rings. The van der Waals surface area contributed by atoms with Crippen molar-refractivity contribution in [2.24, 2.45) is 0 Å². The summed E-state index contributed by atoms with van der Waals surface area (Å²) in [5, 5.41) is 2.46. The molecule has 2 aromatic heterocycles. The highest BCUT2D eigenvalue weighted by atomic mass is 14.8. The number of nitrogens with one attached hydrogen (secondary N) is 1. The molecule has 0 aliphatic heterocycles. The van der Waals surface area contributed by atoms with Crippen molar-refractivity contribution in [3.05, 3.63) is 48.3 Å². The summed E-state index contributed by atoms with van der Waals surface area (Å²) in [7, 11) is 0. The van der Waals surface area contributed by atoms with E-state index in [0.717, 1.165) is 16.7 Å². The molecule has 0 saturated carbocycles. The first-order chi connectivity index (χ1) is 7.79. The molecule has 2 heteroatoms. The minimum atomic E-state index is 0.909. The number of aromatic nitrogens is 2. The van der Waals surface area contributed by atoms with Gasteiger partial charge in [0.25, 0.3) is 0 Å². The SMILES string of the molecule is C=Cc1nccc2c1[nH]c1ccc(C)cc12. The third-order valence-electron chi connectivity index (χ3n) is 2.90. The number of aryl methyl sites for hydroxylation is 1. The maximum absolute atomic E-state index is 4.29. The van der Waals surface area contributed by atoms with Gasteiger partial charge in [0.15, 0.2) is 0 Å². The van der Waals surface area contributed by atoms with E-state index in [9.17, 15) is 0 Å². The Kier molecular flexibility index (Phi) is 1.83. The zero-order valence-corrected chi connectivity index (χ0v) is 9.12. The quantitative estimate of drug-likeness (QED) is 0.649. The van der Waals surface area contributed by atoms with Crippen LogP contribution in [0.25, 0.3) is 27.9 Å². The molecule has 3 rings (SSSR count). The minimum Gasteiger partial charge on any atom is -0.353 e. The maximum atomic E-state index is 4.29.